The monoisotopic (exact) mass is 684 g/mol. The summed E-state index contributed by atoms with van der Waals surface area (Å²) in [4.78, 5) is 12.1. The smallest absolute Gasteiger partial charge is 0.151 e. The molecule has 0 saturated carbocycles. The number of rotatable bonds is 5. The SMILES string of the molecule is CC1(C)c2ccccc2N(c2cc(N(c3ccc(C#N)cc3)c3ccc(C#N)cc3)cc(N3c4ccccc4Oc4ccccc43)n2)c2ccccc21. The second kappa shape index (κ2) is 12.5. The molecule has 3 heterocycles. The number of aromatic nitrogens is 1. The van der Waals surface area contributed by atoms with E-state index in [0.29, 0.717) is 16.9 Å². The molecule has 7 nitrogen and oxygen atoms in total. The van der Waals surface area contributed by atoms with Crippen LogP contribution in [0.4, 0.5) is 51.4 Å². The zero-order valence-corrected chi connectivity index (χ0v) is 29.1. The van der Waals surface area contributed by atoms with E-state index in [1.807, 2.05) is 97.1 Å². The molecule has 6 aromatic carbocycles. The normalized spacial score (nSPS) is 13.3. The summed E-state index contributed by atoms with van der Waals surface area (Å²) in [5.41, 5.74) is 9.65. The molecular formula is C46H32N6O. The molecule has 0 radical (unpaired) electrons. The van der Waals surface area contributed by atoms with Crippen molar-refractivity contribution >= 4 is 51.4 Å². The lowest BCUT2D eigenvalue weighted by atomic mass is 9.73. The van der Waals surface area contributed by atoms with E-state index in [0.717, 1.165) is 57.1 Å². The zero-order chi connectivity index (χ0) is 36.1. The van der Waals surface area contributed by atoms with Crippen molar-refractivity contribution in [2.75, 3.05) is 14.7 Å². The molecular weight excluding hydrogens is 653 g/mol. The molecule has 0 unspecified atom stereocenters. The minimum Gasteiger partial charge on any atom is -0.453 e. The van der Waals surface area contributed by atoms with E-state index in [1.165, 1.54) is 11.1 Å². The van der Waals surface area contributed by atoms with Gasteiger partial charge < -0.3 is 9.64 Å². The van der Waals surface area contributed by atoms with Gasteiger partial charge in [-0.15, -0.1) is 0 Å². The molecule has 0 saturated heterocycles. The third-order valence-corrected chi connectivity index (χ3v) is 10.1. The van der Waals surface area contributed by atoms with Gasteiger partial charge in [-0.25, -0.2) is 4.98 Å². The van der Waals surface area contributed by atoms with Gasteiger partial charge in [-0.2, -0.15) is 10.5 Å². The molecule has 0 fully saturated rings. The van der Waals surface area contributed by atoms with Gasteiger partial charge in [0.2, 0.25) is 0 Å². The molecule has 0 bridgehead atoms. The molecule has 7 heteroatoms. The lowest BCUT2D eigenvalue weighted by molar-refractivity contribution is 0.476. The lowest BCUT2D eigenvalue weighted by Gasteiger charge is -2.42. The van der Waals surface area contributed by atoms with Crippen LogP contribution < -0.4 is 19.4 Å². The van der Waals surface area contributed by atoms with Crippen LogP contribution in [-0.4, -0.2) is 4.98 Å². The van der Waals surface area contributed by atoms with Crippen molar-refractivity contribution in [1.29, 1.82) is 10.5 Å². The fourth-order valence-electron chi connectivity index (χ4n) is 7.53. The predicted octanol–water partition coefficient (Wildman–Crippen LogP) is 12.0. The molecule has 53 heavy (non-hydrogen) atoms. The van der Waals surface area contributed by atoms with Crippen LogP contribution in [0.5, 0.6) is 11.5 Å². The molecule has 0 spiro atoms. The number of benzene rings is 6. The van der Waals surface area contributed by atoms with Gasteiger partial charge in [0.25, 0.3) is 0 Å². The lowest BCUT2D eigenvalue weighted by Crippen LogP contribution is -2.31. The van der Waals surface area contributed by atoms with Crippen molar-refractivity contribution in [3.05, 3.63) is 180 Å². The van der Waals surface area contributed by atoms with E-state index in [2.05, 4.69) is 101 Å². The Hall–Kier alpha value is -7.35. The molecule has 0 N–H and O–H groups in total. The maximum absolute atomic E-state index is 9.65. The number of nitrogens with zero attached hydrogens (tertiary/aromatic N) is 6. The number of pyridine rings is 1. The van der Waals surface area contributed by atoms with E-state index in [1.54, 1.807) is 0 Å². The Balaban J connectivity index is 1.35. The topological polar surface area (TPSA) is 79.4 Å². The van der Waals surface area contributed by atoms with Gasteiger partial charge in [0.1, 0.15) is 11.6 Å². The Morgan fingerprint density at radius 2 is 0.906 bits per heavy atom. The van der Waals surface area contributed by atoms with Crippen LogP contribution in [0.3, 0.4) is 0 Å². The average Bonchev–Trinajstić information content (AvgIpc) is 3.20. The molecule has 2 aliphatic rings. The van der Waals surface area contributed by atoms with Gasteiger partial charge in [-0.1, -0.05) is 74.5 Å². The highest BCUT2D eigenvalue weighted by Gasteiger charge is 2.38. The van der Waals surface area contributed by atoms with Crippen LogP contribution in [-0.2, 0) is 5.41 Å². The van der Waals surface area contributed by atoms with Gasteiger partial charge >= 0.3 is 0 Å². The van der Waals surface area contributed by atoms with Crippen molar-refractivity contribution in [1.82, 2.24) is 4.98 Å². The molecule has 0 atom stereocenters. The van der Waals surface area contributed by atoms with Crippen LogP contribution in [0.2, 0.25) is 0 Å². The Kier molecular flexibility index (Phi) is 7.43. The van der Waals surface area contributed by atoms with Crippen LogP contribution in [0.25, 0.3) is 0 Å². The number of hydrogen-bond donors (Lipinski definition) is 0. The highest BCUT2D eigenvalue weighted by molar-refractivity contribution is 5.91. The van der Waals surface area contributed by atoms with Crippen LogP contribution >= 0.6 is 0 Å². The van der Waals surface area contributed by atoms with E-state index in [9.17, 15) is 10.5 Å². The van der Waals surface area contributed by atoms with Crippen LogP contribution in [0.1, 0.15) is 36.1 Å². The number of anilines is 9. The Morgan fingerprint density at radius 1 is 0.509 bits per heavy atom. The molecule has 9 rings (SSSR count). The minimum absolute atomic E-state index is 0.247. The third-order valence-electron chi connectivity index (χ3n) is 10.1. The first-order chi connectivity index (χ1) is 25.9. The average molecular weight is 685 g/mol. The van der Waals surface area contributed by atoms with Crippen molar-refractivity contribution < 1.29 is 4.74 Å². The fourth-order valence-corrected chi connectivity index (χ4v) is 7.53. The Labute approximate surface area is 308 Å². The van der Waals surface area contributed by atoms with E-state index < -0.39 is 0 Å². The summed E-state index contributed by atoms with van der Waals surface area (Å²) in [7, 11) is 0. The van der Waals surface area contributed by atoms with Gasteiger partial charge in [-0.05, 0) is 96.1 Å². The highest BCUT2D eigenvalue weighted by atomic mass is 16.5. The second-order valence-corrected chi connectivity index (χ2v) is 13.6. The summed E-state index contributed by atoms with van der Waals surface area (Å²) >= 11 is 0. The molecule has 7 aromatic rings. The fraction of sp³-hybridized carbons (Fsp3) is 0.0652. The third kappa shape index (κ3) is 5.23. The zero-order valence-electron chi connectivity index (χ0n) is 29.1. The minimum atomic E-state index is -0.247. The number of hydrogen-bond acceptors (Lipinski definition) is 7. The predicted molar refractivity (Wildman–Crippen MR) is 210 cm³/mol. The maximum atomic E-state index is 9.65. The first-order valence-corrected chi connectivity index (χ1v) is 17.4. The summed E-state index contributed by atoms with van der Waals surface area (Å²) < 4.78 is 6.41. The molecule has 2 aliphatic heterocycles. The van der Waals surface area contributed by atoms with Crippen LogP contribution in [0, 0.1) is 22.7 Å². The standard InChI is InChI=1S/C46H32N6O/c1-46(2)36-11-3-5-13-38(36)51(39-14-6-4-12-37(39)46)44-27-35(50(33-23-19-31(29-47)20-24-33)34-25-21-32(30-48)22-26-34)28-45(49-44)52-40-15-7-9-17-42(40)53-43-18-10-8-16-41(43)52/h3-28H,1-2H3. The maximum Gasteiger partial charge on any atom is 0.151 e. The largest absolute Gasteiger partial charge is 0.453 e. The number of fused-ring (bicyclic) bond motifs is 4. The quantitative estimate of drug-likeness (QED) is 0.178. The van der Waals surface area contributed by atoms with Crippen molar-refractivity contribution in [3.8, 4) is 23.6 Å². The summed E-state index contributed by atoms with van der Waals surface area (Å²) in [5, 5.41) is 19.3. The summed E-state index contributed by atoms with van der Waals surface area (Å²) in [6, 6.07) is 56.9. The first-order valence-electron chi connectivity index (χ1n) is 17.4. The van der Waals surface area contributed by atoms with E-state index in [4.69, 9.17) is 9.72 Å². The van der Waals surface area contributed by atoms with Gasteiger partial charge in [0, 0.05) is 28.9 Å². The molecule has 0 amide bonds. The Bertz CT molecular complexity index is 2460. The molecule has 1 aromatic heterocycles. The number of nitriles is 2. The van der Waals surface area contributed by atoms with Gasteiger partial charge in [-0.3, -0.25) is 9.80 Å². The van der Waals surface area contributed by atoms with Crippen molar-refractivity contribution in [3.63, 3.8) is 0 Å². The first kappa shape index (κ1) is 31.6. The highest BCUT2D eigenvalue weighted by Crippen LogP contribution is 2.54. The van der Waals surface area contributed by atoms with E-state index in [-0.39, 0.29) is 5.41 Å². The van der Waals surface area contributed by atoms with Gasteiger partial charge in [0.05, 0.1) is 51.7 Å². The number of ether oxygens (including phenoxy) is 1. The van der Waals surface area contributed by atoms with E-state index >= 15 is 0 Å². The summed E-state index contributed by atoms with van der Waals surface area (Å²) in [5.74, 6) is 2.87. The van der Waals surface area contributed by atoms with Crippen molar-refractivity contribution in [2.24, 2.45) is 0 Å². The van der Waals surface area contributed by atoms with Crippen LogP contribution in [0.15, 0.2) is 158 Å². The summed E-state index contributed by atoms with van der Waals surface area (Å²) in [6.07, 6.45) is 0. The molecule has 252 valence electrons. The van der Waals surface area contributed by atoms with Crippen molar-refractivity contribution in [2.45, 2.75) is 19.3 Å². The summed E-state index contributed by atoms with van der Waals surface area (Å²) in [6.45, 7) is 4.55. The van der Waals surface area contributed by atoms with Gasteiger partial charge in [0.15, 0.2) is 11.5 Å². The second-order valence-electron chi connectivity index (χ2n) is 13.6. The number of para-hydroxylation sites is 6. The molecule has 0 aliphatic carbocycles. The Morgan fingerprint density at radius 3 is 1.36 bits per heavy atom.